The number of nitrogens with two attached hydrogens (primary N) is 1. The molecule has 1 fully saturated rings. The molecule has 0 unspecified atom stereocenters. The minimum Gasteiger partial charge on any atom is -0.482 e. The molecule has 19 heavy (non-hydrogen) atoms. The molecule has 1 aliphatic rings. The van der Waals surface area contributed by atoms with E-state index in [2.05, 4.69) is 17.1 Å². The van der Waals surface area contributed by atoms with Crippen molar-refractivity contribution in [2.45, 2.75) is 13.0 Å². The number of carbonyl (C=O) groups is 1. The van der Waals surface area contributed by atoms with Crippen molar-refractivity contribution in [2.75, 3.05) is 31.1 Å². The molecule has 0 radical (unpaired) electrons. The number of piperazine rings is 1. The molecule has 1 atom stereocenters. The van der Waals surface area contributed by atoms with Gasteiger partial charge in [0.2, 0.25) is 0 Å². The molecule has 0 bridgehead atoms. The summed E-state index contributed by atoms with van der Waals surface area (Å²) in [5, 5.41) is 3.88. The Morgan fingerprint density at radius 3 is 3.05 bits per heavy atom. The van der Waals surface area contributed by atoms with Gasteiger partial charge in [-0.05, 0) is 25.1 Å². The van der Waals surface area contributed by atoms with Gasteiger partial charge in [-0.25, -0.2) is 0 Å². The zero-order chi connectivity index (χ0) is 13.8. The summed E-state index contributed by atoms with van der Waals surface area (Å²) >= 11 is 6.15. The Hall–Kier alpha value is -1.46. The number of anilines is 1. The van der Waals surface area contributed by atoms with Crippen LogP contribution in [-0.2, 0) is 4.79 Å². The van der Waals surface area contributed by atoms with E-state index >= 15 is 0 Å². The number of carbonyl (C=O) groups excluding carboxylic acids is 1. The quantitative estimate of drug-likeness (QED) is 0.865. The van der Waals surface area contributed by atoms with E-state index in [1.54, 1.807) is 6.07 Å². The summed E-state index contributed by atoms with van der Waals surface area (Å²) in [5.74, 6) is -0.0385. The molecule has 1 aromatic carbocycles. The Morgan fingerprint density at radius 1 is 1.63 bits per heavy atom. The van der Waals surface area contributed by atoms with Gasteiger partial charge < -0.3 is 20.7 Å². The topological polar surface area (TPSA) is 67.6 Å². The van der Waals surface area contributed by atoms with Gasteiger partial charge in [0, 0.05) is 31.4 Å². The maximum absolute atomic E-state index is 10.7. The third kappa shape index (κ3) is 3.75. The summed E-state index contributed by atoms with van der Waals surface area (Å²) in [4.78, 5) is 12.9. The Kier molecular flexibility index (Phi) is 4.50. The molecule has 0 aliphatic carbocycles. The number of halogens is 1. The number of rotatable bonds is 4. The van der Waals surface area contributed by atoms with Gasteiger partial charge in [0.25, 0.3) is 5.91 Å². The third-order valence-corrected chi connectivity index (χ3v) is 3.31. The minimum atomic E-state index is -0.518. The van der Waals surface area contributed by atoms with E-state index in [4.69, 9.17) is 22.1 Å². The van der Waals surface area contributed by atoms with Crippen molar-refractivity contribution in [3.8, 4) is 5.75 Å². The highest BCUT2D eigenvalue weighted by molar-refractivity contribution is 6.32. The van der Waals surface area contributed by atoms with E-state index in [1.165, 1.54) is 0 Å². The van der Waals surface area contributed by atoms with Gasteiger partial charge >= 0.3 is 0 Å². The number of hydrogen-bond donors (Lipinski definition) is 2. The summed E-state index contributed by atoms with van der Waals surface area (Å²) in [6, 6.07) is 6.03. The highest BCUT2D eigenvalue weighted by Gasteiger charge is 2.17. The van der Waals surface area contributed by atoms with Crippen LogP contribution in [0.15, 0.2) is 18.2 Å². The molecule has 1 heterocycles. The lowest BCUT2D eigenvalue weighted by Crippen LogP contribution is -2.49. The van der Waals surface area contributed by atoms with Crippen LogP contribution in [0.5, 0.6) is 5.75 Å². The number of nitrogens with zero attached hydrogens (tertiary/aromatic N) is 1. The lowest BCUT2D eigenvalue weighted by Gasteiger charge is -2.33. The Morgan fingerprint density at radius 2 is 2.42 bits per heavy atom. The highest BCUT2D eigenvalue weighted by Crippen LogP contribution is 2.29. The van der Waals surface area contributed by atoms with Crippen molar-refractivity contribution in [3.05, 3.63) is 23.2 Å². The van der Waals surface area contributed by atoms with Crippen LogP contribution in [0.4, 0.5) is 5.69 Å². The largest absolute Gasteiger partial charge is 0.482 e. The van der Waals surface area contributed by atoms with Gasteiger partial charge in [-0.15, -0.1) is 0 Å². The number of primary amides is 1. The summed E-state index contributed by atoms with van der Waals surface area (Å²) in [6.07, 6.45) is 0. The Balaban J connectivity index is 2.07. The van der Waals surface area contributed by atoms with Crippen LogP contribution in [-0.4, -0.2) is 38.2 Å². The first-order valence-corrected chi connectivity index (χ1v) is 6.63. The normalized spacial score (nSPS) is 19.3. The van der Waals surface area contributed by atoms with Crippen molar-refractivity contribution >= 4 is 23.2 Å². The molecule has 104 valence electrons. The third-order valence-electron chi connectivity index (χ3n) is 3.02. The zero-order valence-electron chi connectivity index (χ0n) is 10.9. The van der Waals surface area contributed by atoms with E-state index < -0.39 is 5.91 Å². The summed E-state index contributed by atoms with van der Waals surface area (Å²) in [5.41, 5.74) is 6.09. The van der Waals surface area contributed by atoms with Gasteiger partial charge in [0.15, 0.2) is 6.61 Å². The van der Waals surface area contributed by atoms with Crippen molar-refractivity contribution in [3.63, 3.8) is 0 Å². The molecule has 5 nitrogen and oxygen atoms in total. The molecule has 1 saturated heterocycles. The average Bonchev–Trinajstić information content (AvgIpc) is 2.37. The second-order valence-corrected chi connectivity index (χ2v) is 5.08. The molecule has 0 saturated carbocycles. The van der Waals surface area contributed by atoms with Crippen LogP contribution in [0.3, 0.4) is 0 Å². The first kappa shape index (κ1) is 14.0. The van der Waals surface area contributed by atoms with Crippen molar-refractivity contribution in [1.29, 1.82) is 0 Å². The van der Waals surface area contributed by atoms with Crippen LogP contribution < -0.4 is 20.7 Å². The second-order valence-electron chi connectivity index (χ2n) is 4.67. The maximum atomic E-state index is 10.7. The number of hydrogen-bond acceptors (Lipinski definition) is 4. The van der Waals surface area contributed by atoms with Crippen LogP contribution >= 0.6 is 11.6 Å². The first-order valence-electron chi connectivity index (χ1n) is 6.25. The van der Waals surface area contributed by atoms with Gasteiger partial charge in [-0.1, -0.05) is 11.6 Å². The first-order chi connectivity index (χ1) is 9.06. The molecule has 1 amide bonds. The molecule has 0 aromatic heterocycles. The Bertz CT molecular complexity index is 467. The van der Waals surface area contributed by atoms with E-state index in [0.717, 1.165) is 25.3 Å². The van der Waals surface area contributed by atoms with Crippen LogP contribution in [0.25, 0.3) is 0 Å². The van der Waals surface area contributed by atoms with Crippen LogP contribution in [0.1, 0.15) is 6.92 Å². The number of amides is 1. The zero-order valence-corrected chi connectivity index (χ0v) is 11.6. The average molecular weight is 284 g/mol. The molecule has 3 N–H and O–H groups in total. The van der Waals surface area contributed by atoms with Crippen molar-refractivity contribution in [2.24, 2.45) is 5.73 Å². The van der Waals surface area contributed by atoms with Gasteiger partial charge in [-0.2, -0.15) is 0 Å². The van der Waals surface area contributed by atoms with Gasteiger partial charge in [0.05, 0.1) is 5.02 Å². The van der Waals surface area contributed by atoms with E-state index in [1.807, 2.05) is 12.1 Å². The number of benzene rings is 1. The fourth-order valence-corrected chi connectivity index (χ4v) is 2.35. The van der Waals surface area contributed by atoms with Gasteiger partial charge in [-0.3, -0.25) is 4.79 Å². The molecule has 0 spiro atoms. The van der Waals surface area contributed by atoms with E-state index in [-0.39, 0.29) is 6.61 Å². The molecule has 6 heteroatoms. The molecule has 2 rings (SSSR count). The molecular formula is C13H18ClN3O2. The summed E-state index contributed by atoms with van der Waals surface area (Å²) in [7, 11) is 0. The minimum absolute atomic E-state index is 0.163. The number of nitrogens with one attached hydrogen (secondary N) is 1. The summed E-state index contributed by atoms with van der Waals surface area (Å²) < 4.78 is 5.22. The maximum Gasteiger partial charge on any atom is 0.255 e. The molecule has 1 aromatic rings. The monoisotopic (exact) mass is 283 g/mol. The predicted octanol–water partition coefficient (Wildman–Crippen LogP) is 1.00. The lowest BCUT2D eigenvalue weighted by molar-refractivity contribution is -0.119. The predicted molar refractivity (Wildman–Crippen MR) is 75.8 cm³/mol. The van der Waals surface area contributed by atoms with Crippen LogP contribution in [0, 0.1) is 0 Å². The standard InChI is InChI=1S/C13H18ClN3O2/c1-9-7-17(5-4-16-9)10-2-3-12(11(14)6-10)19-8-13(15)18/h2-3,6,9,16H,4-5,7-8H2,1H3,(H2,15,18)/t9-/m1/s1. The van der Waals surface area contributed by atoms with Crippen molar-refractivity contribution in [1.82, 2.24) is 5.32 Å². The molecule has 1 aliphatic heterocycles. The van der Waals surface area contributed by atoms with E-state index in [0.29, 0.717) is 16.8 Å². The van der Waals surface area contributed by atoms with Crippen LogP contribution in [0.2, 0.25) is 5.02 Å². The Labute approximate surface area is 117 Å². The van der Waals surface area contributed by atoms with Gasteiger partial charge in [0.1, 0.15) is 5.75 Å². The second kappa shape index (κ2) is 6.12. The fraction of sp³-hybridized carbons (Fsp3) is 0.462. The number of ether oxygens (including phenoxy) is 1. The highest BCUT2D eigenvalue weighted by atomic mass is 35.5. The van der Waals surface area contributed by atoms with E-state index in [9.17, 15) is 4.79 Å². The van der Waals surface area contributed by atoms with Crippen molar-refractivity contribution < 1.29 is 9.53 Å². The SMILES string of the molecule is C[C@@H]1CN(c2ccc(OCC(N)=O)c(Cl)c2)CCN1. The summed E-state index contributed by atoms with van der Waals surface area (Å²) in [6.45, 7) is 4.83. The lowest BCUT2D eigenvalue weighted by atomic mass is 10.2. The molecular weight excluding hydrogens is 266 g/mol. The fourth-order valence-electron chi connectivity index (χ4n) is 2.12. The smallest absolute Gasteiger partial charge is 0.255 e.